The Balaban J connectivity index is 1.87. The fraction of sp³-hybridized carbons (Fsp3) is 0.350. The zero-order valence-electron chi connectivity index (χ0n) is 15.2. The van der Waals surface area contributed by atoms with Crippen LogP contribution in [0, 0.1) is 6.92 Å². The third-order valence-electron chi connectivity index (χ3n) is 4.70. The van der Waals surface area contributed by atoms with Crippen LogP contribution < -0.4 is 4.90 Å². The molecule has 3 heterocycles. The average Bonchev–Trinajstić information content (AvgIpc) is 2.89. The van der Waals surface area contributed by atoms with Gasteiger partial charge in [-0.2, -0.15) is 0 Å². The predicted molar refractivity (Wildman–Crippen MR) is 98.4 cm³/mol. The van der Waals surface area contributed by atoms with Crippen LogP contribution in [0.15, 0.2) is 34.9 Å². The van der Waals surface area contributed by atoms with Gasteiger partial charge in [0.05, 0.1) is 29.9 Å². The lowest BCUT2D eigenvalue weighted by atomic mass is 10.0. The van der Waals surface area contributed by atoms with Crippen molar-refractivity contribution in [3.05, 3.63) is 52.8 Å². The van der Waals surface area contributed by atoms with Crippen molar-refractivity contribution in [2.75, 3.05) is 18.1 Å². The SMILES string of the molecule is Cc1noc2nc(C(C)C)cc(C(=O)N3CCOCc4ccccc43)c12. The molecule has 1 aliphatic heterocycles. The van der Waals surface area contributed by atoms with Gasteiger partial charge in [0.1, 0.15) is 0 Å². The Bertz CT molecular complexity index is 978. The lowest BCUT2D eigenvalue weighted by molar-refractivity contribution is 0.0967. The second-order valence-electron chi connectivity index (χ2n) is 6.84. The highest BCUT2D eigenvalue weighted by molar-refractivity contribution is 6.13. The van der Waals surface area contributed by atoms with E-state index in [0.29, 0.717) is 42.1 Å². The molecule has 1 amide bonds. The highest BCUT2D eigenvalue weighted by Crippen LogP contribution is 2.30. The minimum Gasteiger partial charge on any atom is -0.375 e. The number of para-hydroxylation sites is 1. The number of nitrogens with zero attached hydrogens (tertiary/aromatic N) is 3. The minimum atomic E-state index is -0.0800. The molecule has 1 aromatic carbocycles. The number of carbonyl (C=O) groups excluding carboxylic acids is 1. The van der Waals surface area contributed by atoms with Crippen LogP contribution in [-0.4, -0.2) is 29.2 Å². The molecule has 0 N–H and O–H groups in total. The number of aryl methyl sites for hydroxylation is 1. The molecule has 0 saturated carbocycles. The third kappa shape index (κ3) is 2.76. The summed E-state index contributed by atoms with van der Waals surface area (Å²) in [7, 11) is 0. The summed E-state index contributed by atoms with van der Waals surface area (Å²) in [5.74, 6) is 0.0969. The molecule has 6 heteroatoms. The zero-order valence-corrected chi connectivity index (χ0v) is 15.2. The van der Waals surface area contributed by atoms with E-state index in [1.807, 2.05) is 51.1 Å². The van der Waals surface area contributed by atoms with Gasteiger partial charge in [-0.25, -0.2) is 4.98 Å². The fourth-order valence-electron chi connectivity index (χ4n) is 3.29. The molecule has 2 aromatic heterocycles. The van der Waals surface area contributed by atoms with E-state index in [4.69, 9.17) is 9.26 Å². The fourth-order valence-corrected chi connectivity index (χ4v) is 3.29. The molecule has 0 fully saturated rings. The Labute approximate surface area is 151 Å². The Morgan fingerprint density at radius 3 is 2.88 bits per heavy atom. The van der Waals surface area contributed by atoms with Crippen LogP contribution in [0.4, 0.5) is 5.69 Å². The number of hydrogen-bond donors (Lipinski definition) is 0. The van der Waals surface area contributed by atoms with Crippen molar-refractivity contribution in [2.45, 2.75) is 33.3 Å². The van der Waals surface area contributed by atoms with E-state index in [2.05, 4.69) is 10.1 Å². The van der Waals surface area contributed by atoms with E-state index in [0.717, 1.165) is 16.9 Å². The first-order valence-electron chi connectivity index (χ1n) is 8.80. The summed E-state index contributed by atoms with van der Waals surface area (Å²) in [5, 5.41) is 4.70. The van der Waals surface area contributed by atoms with Gasteiger partial charge in [0.25, 0.3) is 11.6 Å². The Morgan fingerprint density at radius 2 is 2.08 bits per heavy atom. The average molecular weight is 351 g/mol. The minimum absolute atomic E-state index is 0.0800. The van der Waals surface area contributed by atoms with Gasteiger partial charge in [-0.15, -0.1) is 0 Å². The smallest absolute Gasteiger partial charge is 0.259 e. The number of hydrogen-bond acceptors (Lipinski definition) is 5. The van der Waals surface area contributed by atoms with Crippen molar-refractivity contribution < 1.29 is 14.1 Å². The van der Waals surface area contributed by atoms with Gasteiger partial charge in [0.15, 0.2) is 0 Å². The second-order valence-corrected chi connectivity index (χ2v) is 6.84. The summed E-state index contributed by atoms with van der Waals surface area (Å²) >= 11 is 0. The number of ether oxygens (including phenoxy) is 1. The van der Waals surface area contributed by atoms with Crippen molar-refractivity contribution in [2.24, 2.45) is 0 Å². The van der Waals surface area contributed by atoms with E-state index < -0.39 is 0 Å². The summed E-state index contributed by atoms with van der Waals surface area (Å²) in [6.07, 6.45) is 0. The van der Waals surface area contributed by atoms with Crippen LogP contribution in [0.25, 0.3) is 11.1 Å². The summed E-state index contributed by atoms with van der Waals surface area (Å²) in [5.41, 5.74) is 4.38. The van der Waals surface area contributed by atoms with Crippen LogP contribution >= 0.6 is 0 Å². The molecule has 0 aliphatic carbocycles. The van der Waals surface area contributed by atoms with Crippen LogP contribution in [0.2, 0.25) is 0 Å². The third-order valence-corrected chi connectivity index (χ3v) is 4.70. The molecular formula is C20H21N3O3. The normalized spacial score (nSPS) is 14.5. The summed E-state index contributed by atoms with van der Waals surface area (Å²) in [6, 6.07) is 9.73. The molecule has 0 atom stereocenters. The first-order chi connectivity index (χ1) is 12.6. The van der Waals surface area contributed by atoms with E-state index in [1.165, 1.54) is 0 Å². The van der Waals surface area contributed by atoms with Gasteiger partial charge in [0.2, 0.25) is 0 Å². The number of pyridine rings is 1. The largest absolute Gasteiger partial charge is 0.375 e. The van der Waals surface area contributed by atoms with Gasteiger partial charge in [-0.1, -0.05) is 37.2 Å². The van der Waals surface area contributed by atoms with Crippen molar-refractivity contribution in [1.82, 2.24) is 10.1 Å². The molecule has 6 nitrogen and oxygen atoms in total. The Morgan fingerprint density at radius 1 is 1.27 bits per heavy atom. The topological polar surface area (TPSA) is 68.5 Å². The van der Waals surface area contributed by atoms with Crippen LogP contribution in [0.3, 0.4) is 0 Å². The number of aromatic nitrogens is 2. The van der Waals surface area contributed by atoms with Gasteiger partial charge in [-0.05, 0) is 25.0 Å². The van der Waals surface area contributed by atoms with E-state index in [9.17, 15) is 4.79 Å². The summed E-state index contributed by atoms with van der Waals surface area (Å²) in [4.78, 5) is 19.8. The monoisotopic (exact) mass is 351 g/mol. The standard InChI is InChI=1S/C20H21N3O3/c1-12(2)16-10-15(18-13(3)22-26-19(18)21-16)20(24)23-8-9-25-11-14-6-4-5-7-17(14)23/h4-7,10,12H,8-9,11H2,1-3H3. The number of benzene rings is 1. The quantitative estimate of drug-likeness (QED) is 0.702. The molecule has 4 rings (SSSR count). The lowest BCUT2D eigenvalue weighted by Crippen LogP contribution is -2.33. The van der Waals surface area contributed by atoms with Gasteiger partial charge in [0, 0.05) is 23.5 Å². The van der Waals surface area contributed by atoms with Gasteiger partial charge in [-0.3, -0.25) is 4.79 Å². The van der Waals surface area contributed by atoms with Crippen molar-refractivity contribution in [3.63, 3.8) is 0 Å². The molecule has 3 aromatic rings. The van der Waals surface area contributed by atoms with Crippen molar-refractivity contribution in [3.8, 4) is 0 Å². The van der Waals surface area contributed by atoms with E-state index in [-0.39, 0.29) is 11.8 Å². The zero-order chi connectivity index (χ0) is 18.3. The first kappa shape index (κ1) is 16.7. The lowest BCUT2D eigenvalue weighted by Gasteiger charge is -2.23. The molecule has 0 radical (unpaired) electrons. The second kappa shape index (κ2) is 6.53. The number of fused-ring (bicyclic) bond motifs is 2. The molecule has 0 bridgehead atoms. The van der Waals surface area contributed by atoms with Crippen LogP contribution in [0.1, 0.15) is 47.1 Å². The summed E-state index contributed by atoms with van der Waals surface area (Å²) < 4.78 is 11.0. The molecule has 26 heavy (non-hydrogen) atoms. The number of carbonyl (C=O) groups is 1. The highest BCUT2D eigenvalue weighted by Gasteiger charge is 2.27. The molecule has 134 valence electrons. The highest BCUT2D eigenvalue weighted by atomic mass is 16.5. The first-order valence-corrected chi connectivity index (χ1v) is 8.80. The maximum Gasteiger partial charge on any atom is 0.259 e. The van der Waals surface area contributed by atoms with Crippen molar-refractivity contribution >= 4 is 22.7 Å². The Kier molecular flexibility index (Phi) is 4.20. The maximum absolute atomic E-state index is 13.5. The number of amides is 1. The Hall–Kier alpha value is -2.73. The number of anilines is 1. The van der Waals surface area contributed by atoms with Gasteiger partial charge >= 0.3 is 0 Å². The summed E-state index contributed by atoms with van der Waals surface area (Å²) in [6.45, 7) is 7.42. The van der Waals surface area contributed by atoms with E-state index >= 15 is 0 Å². The van der Waals surface area contributed by atoms with Crippen LogP contribution in [-0.2, 0) is 11.3 Å². The predicted octanol–water partition coefficient (Wildman–Crippen LogP) is 3.83. The van der Waals surface area contributed by atoms with E-state index in [1.54, 1.807) is 4.90 Å². The maximum atomic E-state index is 13.5. The molecule has 0 spiro atoms. The molecular weight excluding hydrogens is 330 g/mol. The van der Waals surface area contributed by atoms with Crippen LogP contribution in [0.5, 0.6) is 0 Å². The molecule has 1 aliphatic rings. The number of rotatable bonds is 2. The molecule has 0 saturated heterocycles. The van der Waals surface area contributed by atoms with Crippen molar-refractivity contribution in [1.29, 1.82) is 0 Å². The molecule has 0 unspecified atom stereocenters. The van der Waals surface area contributed by atoms with Gasteiger partial charge < -0.3 is 14.2 Å².